The van der Waals surface area contributed by atoms with Crippen LogP contribution in [0.15, 0.2) is 84.9 Å². The number of nitrogens with one attached hydrogen (secondary N) is 4. The van der Waals surface area contributed by atoms with Gasteiger partial charge in [0.05, 0.1) is 26.4 Å². The Labute approximate surface area is 252 Å². The topological polar surface area (TPSA) is 148 Å². The van der Waals surface area contributed by atoms with Crippen LogP contribution < -0.4 is 27.0 Å². The lowest BCUT2D eigenvalue weighted by atomic mass is 10.1. The summed E-state index contributed by atoms with van der Waals surface area (Å²) >= 11 is 0. The summed E-state index contributed by atoms with van der Waals surface area (Å²) in [4.78, 5) is 26.2. The number of carbonyl (C=O) groups excluding carboxylic acids is 1. The summed E-state index contributed by atoms with van der Waals surface area (Å²) in [6.45, 7) is 4.10. The summed E-state index contributed by atoms with van der Waals surface area (Å²) in [6.07, 6.45) is 1.68. The van der Waals surface area contributed by atoms with Crippen molar-refractivity contribution in [2.45, 2.75) is 12.8 Å². The van der Waals surface area contributed by atoms with Crippen LogP contribution in [0.1, 0.15) is 21.5 Å². The molecule has 0 saturated heterocycles. The summed E-state index contributed by atoms with van der Waals surface area (Å²) in [6, 6.07) is 27.6. The van der Waals surface area contributed by atoms with E-state index in [1.54, 1.807) is 12.1 Å². The fourth-order valence-corrected chi connectivity index (χ4v) is 4.09. The maximum absolute atomic E-state index is 12.5. The molecule has 0 aliphatic rings. The fourth-order valence-electron chi connectivity index (χ4n) is 4.09. The van der Waals surface area contributed by atoms with Crippen molar-refractivity contribution in [3.05, 3.63) is 102 Å². The first-order valence-electron chi connectivity index (χ1n) is 14.5. The van der Waals surface area contributed by atoms with Crippen LogP contribution in [0.2, 0.25) is 0 Å². The smallest absolute Gasteiger partial charge is 0.251 e. The van der Waals surface area contributed by atoms with Gasteiger partial charge in [-0.2, -0.15) is 15.0 Å². The predicted molar refractivity (Wildman–Crippen MR) is 170 cm³/mol. The van der Waals surface area contributed by atoms with Crippen LogP contribution >= 0.6 is 0 Å². The molecule has 0 aliphatic carbocycles. The van der Waals surface area contributed by atoms with Crippen LogP contribution in [-0.4, -0.2) is 73.5 Å². The van der Waals surface area contributed by atoms with E-state index < -0.39 is 0 Å². The zero-order chi connectivity index (χ0) is 30.0. The van der Waals surface area contributed by atoms with E-state index in [2.05, 4.69) is 60.5 Å². The molecule has 4 rings (SSSR count). The summed E-state index contributed by atoms with van der Waals surface area (Å²) in [7, 11) is 0. The Morgan fingerprint density at radius 1 is 0.628 bits per heavy atom. The van der Waals surface area contributed by atoms with Gasteiger partial charge in [-0.3, -0.25) is 4.79 Å². The van der Waals surface area contributed by atoms with Crippen molar-refractivity contribution in [1.29, 1.82) is 0 Å². The van der Waals surface area contributed by atoms with Crippen molar-refractivity contribution in [3.63, 3.8) is 0 Å². The molecular weight excluding hydrogens is 544 g/mol. The fraction of sp³-hybridized carbons (Fsp3) is 0.312. The molecule has 0 bridgehead atoms. The molecule has 11 heteroatoms. The minimum absolute atomic E-state index is 0.176. The maximum Gasteiger partial charge on any atom is 0.251 e. The normalized spacial score (nSPS) is 10.7. The van der Waals surface area contributed by atoms with Gasteiger partial charge in [-0.05, 0) is 48.2 Å². The molecule has 0 fully saturated rings. The van der Waals surface area contributed by atoms with Crippen LogP contribution in [0.25, 0.3) is 0 Å². The molecule has 0 unspecified atom stereocenters. The van der Waals surface area contributed by atoms with Gasteiger partial charge in [-0.1, -0.05) is 60.7 Å². The second kappa shape index (κ2) is 18.1. The van der Waals surface area contributed by atoms with E-state index in [1.807, 2.05) is 48.5 Å². The number of hydrogen-bond acceptors (Lipinski definition) is 10. The van der Waals surface area contributed by atoms with Gasteiger partial charge >= 0.3 is 0 Å². The Morgan fingerprint density at radius 2 is 1.16 bits per heavy atom. The minimum Gasteiger partial charge on any atom is -0.378 e. The highest BCUT2D eigenvalue weighted by molar-refractivity contribution is 5.94. The Hall–Kier alpha value is -4.58. The van der Waals surface area contributed by atoms with Crippen molar-refractivity contribution >= 4 is 29.4 Å². The Balaban J connectivity index is 1.31. The zero-order valence-corrected chi connectivity index (χ0v) is 24.3. The highest BCUT2D eigenvalue weighted by atomic mass is 16.5. The second-order valence-electron chi connectivity index (χ2n) is 9.60. The molecule has 3 aromatic carbocycles. The largest absolute Gasteiger partial charge is 0.378 e. The third kappa shape index (κ3) is 11.7. The molecule has 1 aromatic heterocycles. The SMILES string of the molecule is NCCOCCOCCNC(=O)c1ccc(Nc2nc(NCCc3ccccc3)nc(NCCc3ccccc3)n2)cc1. The Kier molecular flexibility index (Phi) is 13.2. The van der Waals surface area contributed by atoms with E-state index in [4.69, 9.17) is 15.2 Å². The van der Waals surface area contributed by atoms with Crippen molar-refractivity contribution in [2.75, 3.05) is 68.6 Å². The third-order valence-electron chi connectivity index (χ3n) is 6.28. The molecule has 0 atom stereocenters. The van der Waals surface area contributed by atoms with Gasteiger partial charge in [0, 0.05) is 37.4 Å². The van der Waals surface area contributed by atoms with Crippen molar-refractivity contribution in [1.82, 2.24) is 20.3 Å². The quantitative estimate of drug-likeness (QED) is 0.103. The Bertz CT molecular complexity index is 1290. The lowest BCUT2D eigenvalue weighted by molar-refractivity contribution is 0.0511. The molecule has 0 aliphatic heterocycles. The summed E-state index contributed by atoms with van der Waals surface area (Å²) < 4.78 is 10.7. The van der Waals surface area contributed by atoms with Crippen LogP contribution in [0.4, 0.5) is 23.5 Å². The van der Waals surface area contributed by atoms with Gasteiger partial charge in [0.15, 0.2) is 0 Å². The minimum atomic E-state index is -0.176. The summed E-state index contributed by atoms with van der Waals surface area (Å²) in [5.74, 6) is 1.16. The van der Waals surface area contributed by atoms with Gasteiger partial charge in [0.25, 0.3) is 5.91 Å². The molecule has 226 valence electrons. The molecule has 1 amide bonds. The van der Waals surface area contributed by atoms with Crippen molar-refractivity contribution in [3.8, 4) is 0 Å². The van der Waals surface area contributed by atoms with Crippen LogP contribution in [0.3, 0.4) is 0 Å². The number of nitrogens with two attached hydrogens (primary N) is 1. The Morgan fingerprint density at radius 3 is 1.72 bits per heavy atom. The van der Waals surface area contributed by atoms with Gasteiger partial charge < -0.3 is 36.5 Å². The first-order valence-corrected chi connectivity index (χ1v) is 14.5. The molecule has 43 heavy (non-hydrogen) atoms. The number of benzene rings is 3. The first-order chi connectivity index (χ1) is 21.2. The highest BCUT2D eigenvalue weighted by Crippen LogP contribution is 2.17. The van der Waals surface area contributed by atoms with Crippen molar-refractivity contribution in [2.24, 2.45) is 5.73 Å². The number of ether oxygens (including phenoxy) is 2. The van der Waals surface area contributed by atoms with E-state index in [0.29, 0.717) is 76.0 Å². The molecule has 0 radical (unpaired) electrons. The maximum atomic E-state index is 12.5. The average Bonchev–Trinajstić information content (AvgIpc) is 3.03. The predicted octanol–water partition coefficient (Wildman–Crippen LogP) is 3.65. The third-order valence-corrected chi connectivity index (χ3v) is 6.28. The van der Waals surface area contributed by atoms with Crippen LogP contribution in [0, 0.1) is 0 Å². The average molecular weight is 585 g/mol. The van der Waals surface area contributed by atoms with E-state index in [0.717, 1.165) is 18.5 Å². The molecule has 11 nitrogen and oxygen atoms in total. The standard InChI is InChI=1S/C32H40N8O3/c33-17-21-42-23-24-43-22-20-34-29(41)27-11-13-28(14-12-27)37-32-39-30(35-18-15-25-7-3-1-4-8-25)38-31(40-32)36-19-16-26-9-5-2-6-10-26/h1-14H,15-24,33H2,(H,34,41)(H3,35,36,37,38,39,40). The number of hydrogen-bond donors (Lipinski definition) is 5. The molecule has 6 N–H and O–H groups in total. The van der Waals surface area contributed by atoms with Crippen LogP contribution in [-0.2, 0) is 22.3 Å². The molecule has 0 saturated carbocycles. The molecule has 1 heterocycles. The first kappa shape index (κ1) is 31.4. The van der Waals surface area contributed by atoms with Gasteiger partial charge in [0.2, 0.25) is 17.8 Å². The summed E-state index contributed by atoms with van der Waals surface area (Å²) in [5, 5.41) is 12.7. The summed E-state index contributed by atoms with van der Waals surface area (Å²) in [5.41, 5.74) is 9.12. The van der Waals surface area contributed by atoms with E-state index >= 15 is 0 Å². The van der Waals surface area contributed by atoms with E-state index in [-0.39, 0.29) is 5.91 Å². The second-order valence-corrected chi connectivity index (χ2v) is 9.60. The lowest BCUT2D eigenvalue weighted by Crippen LogP contribution is -2.27. The number of amides is 1. The number of nitrogens with zero attached hydrogens (tertiary/aromatic N) is 3. The number of carbonyl (C=O) groups is 1. The highest BCUT2D eigenvalue weighted by Gasteiger charge is 2.09. The molecule has 4 aromatic rings. The van der Waals surface area contributed by atoms with Crippen LogP contribution in [0.5, 0.6) is 0 Å². The van der Waals surface area contributed by atoms with Crippen molar-refractivity contribution < 1.29 is 14.3 Å². The van der Waals surface area contributed by atoms with E-state index in [9.17, 15) is 4.79 Å². The lowest BCUT2D eigenvalue weighted by Gasteiger charge is -2.12. The number of anilines is 4. The van der Waals surface area contributed by atoms with Gasteiger partial charge in [-0.15, -0.1) is 0 Å². The number of aromatic nitrogens is 3. The number of rotatable bonds is 19. The van der Waals surface area contributed by atoms with Gasteiger partial charge in [0.1, 0.15) is 0 Å². The zero-order valence-electron chi connectivity index (χ0n) is 24.3. The molecule has 0 spiro atoms. The molecular formula is C32H40N8O3. The monoisotopic (exact) mass is 584 g/mol. The van der Waals surface area contributed by atoms with E-state index in [1.165, 1.54) is 11.1 Å². The van der Waals surface area contributed by atoms with Gasteiger partial charge in [-0.25, -0.2) is 0 Å².